The average molecular weight is 297 g/mol. The van der Waals surface area contributed by atoms with Gasteiger partial charge in [0.1, 0.15) is 11.5 Å². The topological polar surface area (TPSA) is 33.5 Å². The van der Waals surface area contributed by atoms with E-state index < -0.39 is 0 Å². The Morgan fingerprint density at radius 1 is 1.18 bits per heavy atom. The van der Waals surface area contributed by atoms with Crippen molar-refractivity contribution in [1.29, 1.82) is 0 Å². The van der Waals surface area contributed by atoms with E-state index in [4.69, 9.17) is 4.42 Å². The van der Waals surface area contributed by atoms with Crippen LogP contribution in [0.1, 0.15) is 38.4 Å². The van der Waals surface area contributed by atoms with Gasteiger partial charge < -0.3 is 9.32 Å². The molecular formula is C19H23NO2. The zero-order chi connectivity index (χ0) is 15.4. The molecule has 1 fully saturated rings. The van der Waals surface area contributed by atoms with Crippen LogP contribution in [-0.2, 0) is 11.2 Å². The molecule has 1 aliphatic rings. The SMILES string of the molecule is CC1CCCCN1C(=O)CCc1ccc(-c2ccccc2)o1. The molecule has 1 atom stereocenters. The molecule has 22 heavy (non-hydrogen) atoms. The lowest BCUT2D eigenvalue weighted by atomic mass is 10.0. The standard InChI is InChI=1S/C19H23NO2/c1-15-7-5-6-14-20(15)19(21)13-11-17-10-12-18(22-17)16-8-3-2-4-9-16/h2-4,8-10,12,15H,5-7,11,13-14H2,1H3. The Labute approximate surface area is 131 Å². The van der Waals surface area contributed by atoms with Gasteiger partial charge in [-0.25, -0.2) is 0 Å². The summed E-state index contributed by atoms with van der Waals surface area (Å²) in [7, 11) is 0. The van der Waals surface area contributed by atoms with E-state index in [0.29, 0.717) is 18.9 Å². The third-order valence-corrected chi connectivity index (χ3v) is 4.43. The quantitative estimate of drug-likeness (QED) is 0.844. The molecule has 0 spiro atoms. The molecule has 0 radical (unpaired) electrons. The number of furan rings is 1. The fourth-order valence-corrected chi connectivity index (χ4v) is 3.11. The lowest BCUT2D eigenvalue weighted by molar-refractivity contribution is -0.134. The maximum Gasteiger partial charge on any atom is 0.223 e. The molecule has 0 saturated carbocycles. The fourth-order valence-electron chi connectivity index (χ4n) is 3.11. The predicted molar refractivity (Wildman–Crippen MR) is 87.5 cm³/mol. The summed E-state index contributed by atoms with van der Waals surface area (Å²) in [6, 6.07) is 14.4. The van der Waals surface area contributed by atoms with E-state index in [9.17, 15) is 4.79 Å². The summed E-state index contributed by atoms with van der Waals surface area (Å²) in [5.41, 5.74) is 1.07. The Bertz CT molecular complexity index is 617. The van der Waals surface area contributed by atoms with Crippen LogP contribution in [0, 0.1) is 0 Å². The second-order valence-corrected chi connectivity index (χ2v) is 6.06. The summed E-state index contributed by atoms with van der Waals surface area (Å²) < 4.78 is 5.86. The van der Waals surface area contributed by atoms with Gasteiger partial charge in [0.15, 0.2) is 0 Å². The van der Waals surface area contributed by atoms with E-state index in [2.05, 4.69) is 6.92 Å². The molecule has 1 aromatic heterocycles. The van der Waals surface area contributed by atoms with Crippen molar-refractivity contribution >= 4 is 5.91 Å². The first-order valence-electron chi connectivity index (χ1n) is 8.17. The Balaban J connectivity index is 1.58. The van der Waals surface area contributed by atoms with Gasteiger partial charge in [0.2, 0.25) is 5.91 Å². The smallest absolute Gasteiger partial charge is 0.223 e. The van der Waals surface area contributed by atoms with Crippen molar-refractivity contribution in [2.45, 2.75) is 45.1 Å². The molecule has 3 heteroatoms. The number of nitrogens with zero attached hydrogens (tertiary/aromatic N) is 1. The number of rotatable bonds is 4. The number of benzene rings is 1. The highest BCUT2D eigenvalue weighted by atomic mass is 16.3. The van der Waals surface area contributed by atoms with Crippen LogP contribution in [0.4, 0.5) is 0 Å². The van der Waals surface area contributed by atoms with Gasteiger partial charge in [0, 0.05) is 31.0 Å². The van der Waals surface area contributed by atoms with Crippen LogP contribution in [0.15, 0.2) is 46.9 Å². The summed E-state index contributed by atoms with van der Waals surface area (Å²) in [5, 5.41) is 0. The van der Waals surface area contributed by atoms with Crippen LogP contribution >= 0.6 is 0 Å². The first-order chi connectivity index (χ1) is 10.7. The van der Waals surface area contributed by atoms with E-state index in [0.717, 1.165) is 36.5 Å². The summed E-state index contributed by atoms with van der Waals surface area (Å²) in [6.45, 7) is 3.06. The predicted octanol–water partition coefficient (Wildman–Crippen LogP) is 4.28. The largest absolute Gasteiger partial charge is 0.461 e. The van der Waals surface area contributed by atoms with Crippen LogP contribution in [0.25, 0.3) is 11.3 Å². The van der Waals surface area contributed by atoms with Crippen molar-refractivity contribution in [2.75, 3.05) is 6.54 Å². The average Bonchev–Trinajstić information content (AvgIpc) is 3.03. The molecule has 2 aromatic rings. The molecule has 3 nitrogen and oxygen atoms in total. The molecule has 0 N–H and O–H groups in total. The highest BCUT2D eigenvalue weighted by molar-refractivity contribution is 5.76. The van der Waals surface area contributed by atoms with Gasteiger partial charge in [-0.3, -0.25) is 4.79 Å². The summed E-state index contributed by atoms with van der Waals surface area (Å²) in [6.07, 6.45) is 4.71. The van der Waals surface area contributed by atoms with Gasteiger partial charge >= 0.3 is 0 Å². The number of hydrogen-bond donors (Lipinski definition) is 0. The van der Waals surface area contributed by atoms with Gasteiger partial charge in [-0.05, 0) is 38.3 Å². The molecule has 0 aliphatic carbocycles. The first kappa shape index (κ1) is 14.9. The Hall–Kier alpha value is -2.03. The van der Waals surface area contributed by atoms with Crippen LogP contribution in [0.3, 0.4) is 0 Å². The molecule has 2 heterocycles. The second-order valence-electron chi connectivity index (χ2n) is 6.06. The number of amides is 1. The molecule has 1 aliphatic heterocycles. The molecule has 0 bridgehead atoms. The zero-order valence-electron chi connectivity index (χ0n) is 13.1. The summed E-state index contributed by atoms with van der Waals surface area (Å²) in [4.78, 5) is 14.4. The third-order valence-electron chi connectivity index (χ3n) is 4.43. The van der Waals surface area contributed by atoms with E-state index >= 15 is 0 Å². The second kappa shape index (κ2) is 6.82. The van der Waals surface area contributed by atoms with Crippen molar-refractivity contribution in [3.8, 4) is 11.3 Å². The maximum absolute atomic E-state index is 12.3. The molecule has 1 aromatic carbocycles. The molecule has 3 rings (SSSR count). The number of carbonyl (C=O) groups is 1. The maximum atomic E-state index is 12.3. The van der Waals surface area contributed by atoms with Crippen molar-refractivity contribution < 1.29 is 9.21 Å². The number of piperidine rings is 1. The number of hydrogen-bond acceptors (Lipinski definition) is 2. The highest BCUT2D eigenvalue weighted by Gasteiger charge is 2.22. The fraction of sp³-hybridized carbons (Fsp3) is 0.421. The van der Waals surface area contributed by atoms with Crippen molar-refractivity contribution in [3.05, 3.63) is 48.2 Å². The first-order valence-corrected chi connectivity index (χ1v) is 8.17. The summed E-state index contributed by atoms with van der Waals surface area (Å²) >= 11 is 0. The van der Waals surface area contributed by atoms with E-state index in [1.807, 2.05) is 47.4 Å². The van der Waals surface area contributed by atoms with E-state index in [-0.39, 0.29) is 5.91 Å². The Kier molecular flexibility index (Phi) is 4.62. The minimum atomic E-state index is 0.255. The van der Waals surface area contributed by atoms with E-state index in [1.165, 1.54) is 6.42 Å². The molecule has 1 saturated heterocycles. The third kappa shape index (κ3) is 3.41. The van der Waals surface area contributed by atoms with Gasteiger partial charge in [0.25, 0.3) is 0 Å². The van der Waals surface area contributed by atoms with Crippen LogP contribution < -0.4 is 0 Å². The summed E-state index contributed by atoms with van der Waals surface area (Å²) in [5.74, 6) is 2.01. The van der Waals surface area contributed by atoms with Crippen molar-refractivity contribution in [3.63, 3.8) is 0 Å². The van der Waals surface area contributed by atoms with Crippen LogP contribution in [0.2, 0.25) is 0 Å². The number of carbonyl (C=O) groups excluding carboxylic acids is 1. The van der Waals surface area contributed by atoms with Crippen LogP contribution in [-0.4, -0.2) is 23.4 Å². The van der Waals surface area contributed by atoms with Crippen molar-refractivity contribution in [1.82, 2.24) is 4.90 Å². The van der Waals surface area contributed by atoms with Gasteiger partial charge in [-0.1, -0.05) is 30.3 Å². The monoisotopic (exact) mass is 297 g/mol. The van der Waals surface area contributed by atoms with Crippen LogP contribution in [0.5, 0.6) is 0 Å². The lowest BCUT2D eigenvalue weighted by Gasteiger charge is -2.33. The Morgan fingerprint density at radius 3 is 2.77 bits per heavy atom. The van der Waals surface area contributed by atoms with E-state index in [1.54, 1.807) is 0 Å². The highest BCUT2D eigenvalue weighted by Crippen LogP contribution is 2.23. The normalized spacial score (nSPS) is 18.4. The zero-order valence-corrected chi connectivity index (χ0v) is 13.1. The molecule has 116 valence electrons. The minimum absolute atomic E-state index is 0.255. The lowest BCUT2D eigenvalue weighted by Crippen LogP contribution is -2.42. The Morgan fingerprint density at radius 2 is 2.00 bits per heavy atom. The van der Waals surface area contributed by atoms with Gasteiger partial charge in [-0.2, -0.15) is 0 Å². The number of aryl methyl sites for hydroxylation is 1. The minimum Gasteiger partial charge on any atom is -0.461 e. The molecule has 1 unspecified atom stereocenters. The van der Waals surface area contributed by atoms with Crippen molar-refractivity contribution in [2.24, 2.45) is 0 Å². The molecule has 1 amide bonds. The van der Waals surface area contributed by atoms with Gasteiger partial charge in [0.05, 0.1) is 0 Å². The number of likely N-dealkylation sites (tertiary alicyclic amines) is 1. The van der Waals surface area contributed by atoms with Gasteiger partial charge in [-0.15, -0.1) is 0 Å². The molecular weight excluding hydrogens is 274 g/mol.